The van der Waals surface area contributed by atoms with Crippen LogP contribution in [0.25, 0.3) is 0 Å². The Morgan fingerprint density at radius 3 is 2.46 bits per heavy atom. The maximum atomic E-state index is 12.7. The number of ether oxygens (including phenoxy) is 1. The Labute approximate surface area is 229 Å². The molecule has 0 fully saturated rings. The molecule has 0 spiro atoms. The number of allylic oxidation sites excluding steroid dienone is 2. The summed E-state index contributed by atoms with van der Waals surface area (Å²) in [6.07, 6.45) is 9.49. The van der Waals surface area contributed by atoms with Crippen molar-refractivity contribution in [3.05, 3.63) is 89.8 Å². The number of methoxy groups -OCH3 is 1. The molecule has 0 bridgehead atoms. The zero-order valence-corrected chi connectivity index (χ0v) is 22.9. The lowest BCUT2D eigenvalue weighted by molar-refractivity contribution is -0.138. The molecule has 0 aliphatic carbocycles. The molecule has 9 heteroatoms. The molecular weight excluding hydrogens is 496 g/mol. The fourth-order valence-corrected chi connectivity index (χ4v) is 4.47. The van der Waals surface area contributed by atoms with Crippen LogP contribution in [0.2, 0.25) is 0 Å². The van der Waals surface area contributed by atoms with Crippen LogP contribution in [0.5, 0.6) is 5.75 Å². The summed E-state index contributed by atoms with van der Waals surface area (Å²) >= 11 is 0. The molecule has 9 nitrogen and oxygen atoms in total. The number of benzene rings is 2. The molecule has 0 saturated carbocycles. The smallest absolute Gasteiger partial charge is 0.323 e. The van der Waals surface area contributed by atoms with Crippen molar-refractivity contribution in [1.82, 2.24) is 10.2 Å². The molecule has 3 rings (SSSR count). The Bertz CT molecular complexity index is 1320. The summed E-state index contributed by atoms with van der Waals surface area (Å²) in [5.41, 5.74) is 2.75. The second kappa shape index (κ2) is 12.8. The highest BCUT2D eigenvalue weighted by Gasteiger charge is 2.32. The molecule has 3 amide bonds. The molecule has 2 aromatic carbocycles. The van der Waals surface area contributed by atoms with E-state index in [-0.39, 0.29) is 18.2 Å². The van der Waals surface area contributed by atoms with E-state index in [0.29, 0.717) is 23.7 Å². The Kier molecular flexibility index (Phi) is 9.54. The van der Waals surface area contributed by atoms with Gasteiger partial charge in [-0.25, -0.2) is 4.79 Å². The van der Waals surface area contributed by atoms with Gasteiger partial charge in [-0.3, -0.25) is 9.59 Å². The van der Waals surface area contributed by atoms with E-state index < -0.39 is 17.5 Å². The molecule has 206 valence electrons. The van der Waals surface area contributed by atoms with Crippen molar-refractivity contribution in [2.24, 2.45) is 5.92 Å². The van der Waals surface area contributed by atoms with E-state index in [4.69, 9.17) is 9.84 Å². The number of para-hydroxylation sites is 1. The number of hydrogen-bond donors (Lipinski definition) is 4. The summed E-state index contributed by atoms with van der Waals surface area (Å²) in [5, 5.41) is 17.8. The predicted octanol–water partition coefficient (Wildman–Crippen LogP) is 5.38. The molecule has 0 saturated heterocycles. The minimum atomic E-state index is -0.926. The average molecular weight is 533 g/mol. The van der Waals surface area contributed by atoms with Gasteiger partial charge in [0.15, 0.2) is 0 Å². The number of carbonyl (C=O) groups excluding carboxylic acids is 2. The number of aryl methyl sites for hydroxylation is 1. The number of rotatable bonds is 10. The van der Waals surface area contributed by atoms with E-state index in [1.54, 1.807) is 12.1 Å². The molecule has 1 aliphatic rings. The quantitative estimate of drug-likeness (QED) is 0.326. The lowest BCUT2D eigenvalue weighted by Crippen LogP contribution is -2.43. The van der Waals surface area contributed by atoms with Gasteiger partial charge in [-0.05, 0) is 66.8 Å². The minimum absolute atomic E-state index is 0.0487. The highest BCUT2D eigenvalue weighted by molar-refractivity contribution is 6.01. The third kappa shape index (κ3) is 7.73. The Morgan fingerprint density at radius 1 is 1.08 bits per heavy atom. The van der Waals surface area contributed by atoms with Gasteiger partial charge in [0.05, 0.1) is 18.3 Å². The van der Waals surface area contributed by atoms with Gasteiger partial charge >= 0.3 is 12.0 Å². The molecule has 2 atom stereocenters. The van der Waals surface area contributed by atoms with Crippen LogP contribution < -0.4 is 20.7 Å². The van der Waals surface area contributed by atoms with E-state index >= 15 is 0 Å². The molecule has 1 heterocycles. The highest BCUT2D eigenvalue weighted by atomic mass is 16.5. The summed E-state index contributed by atoms with van der Waals surface area (Å²) in [6.45, 7) is 7.69. The number of nitrogens with one attached hydrogen (secondary N) is 3. The van der Waals surface area contributed by atoms with Crippen LogP contribution in [0.3, 0.4) is 0 Å². The fraction of sp³-hybridized carbons (Fsp3) is 0.300. The average Bonchev–Trinajstić information content (AvgIpc) is 3.10. The van der Waals surface area contributed by atoms with E-state index in [0.717, 1.165) is 16.7 Å². The largest absolute Gasteiger partial charge is 0.495 e. The molecule has 1 aliphatic heterocycles. The van der Waals surface area contributed by atoms with Crippen molar-refractivity contribution in [2.75, 3.05) is 24.3 Å². The summed E-state index contributed by atoms with van der Waals surface area (Å²) in [7, 11) is 1.52. The summed E-state index contributed by atoms with van der Waals surface area (Å²) in [4.78, 5) is 38.0. The second-order valence-electron chi connectivity index (χ2n) is 9.79. The van der Waals surface area contributed by atoms with Gasteiger partial charge in [0.2, 0.25) is 5.91 Å². The van der Waals surface area contributed by atoms with Crippen molar-refractivity contribution < 1.29 is 24.2 Å². The number of carboxylic acid groups (broad SMARTS) is 1. The number of aliphatic carboxylic acids is 1. The van der Waals surface area contributed by atoms with Crippen LogP contribution in [-0.4, -0.2) is 41.6 Å². The Morgan fingerprint density at radius 2 is 1.79 bits per heavy atom. The summed E-state index contributed by atoms with van der Waals surface area (Å²) < 4.78 is 5.60. The van der Waals surface area contributed by atoms with Crippen molar-refractivity contribution in [3.63, 3.8) is 0 Å². The maximum Gasteiger partial charge on any atom is 0.323 e. The van der Waals surface area contributed by atoms with Gasteiger partial charge in [-0.2, -0.15) is 0 Å². The first kappa shape index (κ1) is 29.0. The number of amides is 3. The molecule has 39 heavy (non-hydrogen) atoms. The lowest BCUT2D eigenvalue weighted by Gasteiger charge is -2.33. The number of urea groups is 1. The van der Waals surface area contributed by atoms with Crippen LogP contribution in [0.15, 0.2) is 78.7 Å². The number of anilines is 2. The number of nitrogens with zero attached hydrogens (tertiary/aromatic N) is 1. The number of carboxylic acids is 1. The monoisotopic (exact) mass is 532 g/mol. The first-order chi connectivity index (χ1) is 18.5. The molecule has 0 radical (unpaired) electrons. The van der Waals surface area contributed by atoms with E-state index in [1.165, 1.54) is 14.0 Å². The van der Waals surface area contributed by atoms with Crippen molar-refractivity contribution in [3.8, 4) is 5.75 Å². The van der Waals surface area contributed by atoms with Gasteiger partial charge < -0.3 is 30.7 Å². The van der Waals surface area contributed by atoms with Crippen LogP contribution in [-0.2, 0) is 15.1 Å². The van der Waals surface area contributed by atoms with E-state index in [2.05, 4.69) is 16.0 Å². The number of hydrogen-bond acceptors (Lipinski definition) is 5. The zero-order chi connectivity index (χ0) is 28.6. The Hall–Kier alpha value is -4.53. The fourth-order valence-electron chi connectivity index (χ4n) is 4.47. The zero-order valence-electron chi connectivity index (χ0n) is 22.9. The van der Waals surface area contributed by atoms with Crippen LogP contribution in [0, 0.1) is 12.8 Å². The molecular formula is C30H36N4O5. The normalized spacial score (nSPS) is 14.9. The van der Waals surface area contributed by atoms with E-state index in [9.17, 15) is 14.4 Å². The molecule has 2 aromatic rings. The predicted molar refractivity (Wildman–Crippen MR) is 152 cm³/mol. The molecule has 0 aromatic heterocycles. The third-order valence-electron chi connectivity index (χ3n) is 6.47. The number of carbonyl (C=O) groups is 3. The van der Waals surface area contributed by atoms with Crippen molar-refractivity contribution >= 4 is 29.3 Å². The van der Waals surface area contributed by atoms with Gasteiger partial charge in [-0.1, -0.05) is 37.3 Å². The van der Waals surface area contributed by atoms with E-state index in [1.807, 2.05) is 86.6 Å². The van der Waals surface area contributed by atoms with Gasteiger partial charge in [0.1, 0.15) is 5.75 Å². The molecule has 4 N–H and O–H groups in total. The second-order valence-corrected chi connectivity index (χ2v) is 9.79. The van der Waals surface area contributed by atoms with Crippen LogP contribution in [0.4, 0.5) is 16.2 Å². The first-order valence-corrected chi connectivity index (χ1v) is 12.7. The van der Waals surface area contributed by atoms with Gasteiger partial charge in [0, 0.05) is 38.0 Å². The molecule has 2 unspecified atom stereocenters. The lowest BCUT2D eigenvalue weighted by atomic mass is 9.83. The highest BCUT2D eigenvalue weighted by Crippen LogP contribution is 2.36. The third-order valence-corrected chi connectivity index (χ3v) is 6.47. The van der Waals surface area contributed by atoms with Crippen LogP contribution in [0.1, 0.15) is 38.3 Å². The first-order valence-electron chi connectivity index (χ1n) is 12.7. The Balaban J connectivity index is 1.86. The topological polar surface area (TPSA) is 120 Å². The summed E-state index contributed by atoms with van der Waals surface area (Å²) in [6, 6.07) is 12.4. The standard InChI is InChI=1S/C30H36N4O5/c1-20(17-28(36)37)19-34-15-8-10-23(14-16-34)30(4,33-22(3)35)24-12-13-26(27(18-24)39-5)32-29(38)31-25-11-7-6-9-21(25)2/h6-16,18,20H,17,19H2,1-5H3,(H,33,35)(H,36,37)(H2,31,32,38). The van der Waals surface area contributed by atoms with Crippen LogP contribution >= 0.6 is 0 Å². The van der Waals surface area contributed by atoms with Gasteiger partial charge in [0.25, 0.3) is 0 Å². The summed E-state index contributed by atoms with van der Waals surface area (Å²) in [5.74, 6) is -0.665. The SMILES string of the molecule is COc1cc(C(C)(NC(C)=O)C2=CC=CN(CC(C)CC(=O)O)C=C2)ccc1NC(=O)Nc1ccccc1C. The maximum absolute atomic E-state index is 12.7. The van der Waals surface area contributed by atoms with Crippen molar-refractivity contribution in [1.29, 1.82) is 0 Å². The minimum Gasteiger partial charge on any atom is -0.495 e. The van der Waals surface area contributed by atoms with Gasteiger partial charge in [-0.15, -0.1) is 0 Å². The van der Waals surface area contributed by atoms with Crippen molar-refractivity contribution in [2.45, 2.75) is 39.7 Å².